The van der Waals surface area contributed by atoms with Crippen LogP contribution in [0, 0.1) is 0 Å². The van der Waals surface area contributed by atoms with Crippen LogP contribution in [0.4, 0.5) is 0 Å². The van der Waals surface area contributed by atoms with Gasteiger partial charge in [0, 0.05) is 38.8 Å². The molecule has 106 valence electrons. The van der Waals surface area contributed by atoms with Gasteiger partial charge in [-0.1, -0.05) is 0 Å². The van der Waals surface area contributed by atoms with Gasteiger partial charge in [0.05, 0.1) is 14.2 Å². The third kappa shape index (κ3) is 3.52. The van der Waals surface area contributed by atoms with Gasteiger partial charge in [0.2, 0.25) is 0 Å². The molecule has 0 bridgehead atoms. The highest BCUT2D eigenvalue weighted by molar-refractivity contribution is 5.50. The van der Waals surface area contributed by atoms with Crippen LogP contribution in [0.5, 0.6) is 17.2 Å². The van der Waals surface area contributed by atoms with E-state index in [1.54, 1.807) is 20.3 Å². The average molecular weight is 266 g/mol. The zero-order chi connectivity index (χ0) is 13.7. The maximum Gasteiger partial charge on any atom is 0.161 e. The summed E-state index contributed by atoms with van der Waals surface area (Å²) in [6.45, 7) is 5.26. The molecule has 0 atom stereocenters. The Morgan fingerprint density at radius 2 is 1.84 bits per heavy atom. The molecule has 1 aliphatic rings. The minimum absolute atomic E-state index is 0.116. The maximum absolute atomic E-state index is 9.74. The molecule has 0 unspecified atom stereocenters. The Balaban J connectivity index is 2.05. The number of rotatable bonds is 5. The summed E-state index contributed by atoms with van der Waals surface area (Å²) >= 11 is 0. The second kappa shape index (κ2) is 6.63. The molecule has 2 rings (SSSR count). The number of hydrogen-bond donors (Lipinski definition) is 2. The Bertz CT molecular complexity index is 417. The van der Waals surface area contributed by atoms with Crippen LogP contribution in [0.15, 0.2) is 12.1 Å². The van der Waals surface area contributed by atoms with Crippen molar-refractivity contribution >= 4 is 0 Å². The zero-order valence-corrected chi connectivity index (χ0v) is 11.6. The standard InChI is InChI=1S/C14H22N2O3/c1-18-13-10-12(17)14(19-2)9-11(13)3-6-16-7-4-15-5-8-16/h9-10,15,17H,3-8H2,1-2H3. The topological polar surface area (TPSA) is 54.0 Å². The monoisotopic (exact) mass is 266 g/mol. The molecule has 1 fully saturated rings. The number of nitrogens with one attached hydrogen (secondary N) is 1. The third-order valence-corrected chi connectivity index (χ3v) is 3.49. The van der Waals surface area contributed by atoms with Gasteiger partial charge in [-0.05, 0) is 18.1 Å². The first-order chi connectivity index (χ1) is 9.24. The second-order valence-corrected chi connectivity index (χ2v) is 4.68. The van der Waals surface area contributed by atoms with Gasteiger partial charge in [-0.3, -0.25) is 0 Å². The molecule has 19 heavy (non-hydrogen) atoms. The van der Waals surface area contributed by atoms with Crippen molar-refractivity contribution in [2.45, 2.75) is 6.42 Å². The molecular weight excluding hydrogens is 244 g/mol. The minimum atomic E-state index is 0.116. The largest absolute Gasteiger partial charge is 0.504 e. The second-order valence-electron chi connectivity index (χ2n) is 4.68. The Labute approximate surface area is 114 Å². The van der Waals surface area contributed by atoms with Crippen molar-refractivity contribution in [1.29, 1.82) is 0 Å². The van der Waals surface area contributed by atoms with E-state index in [1.165, 1.54) is 0 Å². The number of nitrogens with zero attached hydrogens (tertiary/aromatic N) is 1. The first-order valence-electron chi connectivity index (χ1n) is 6.61. The van der Waals surface area contributed by atoms with Gasteiger partial charge >= 0.3 is 0 Å². The molecule has 0 radical (unpaired) electrons. The van der Waals surface area contributed by atoms with Crippen molar-refractivity contribution in [2.24, 2.45) is 0 Å². The fraction of sp³-hybridized carbons (Fsp3) is 0.571. The highest BCUT2D eigenvalue weighted by atomic mass is 16.5. The summed E-state index contributed by atoms with van der Waals surface area (Å²) in [5.74, 6) is 1.33. The molecular formula is C14H22N2O3. The van der Waals surface area contributed by atoms with Crippen molar-refractivity contribution in [3.63, 3.8) is 0 Å². The minimum Gasteiger partial charge on any atom is -0.504 e. The molecule has 0 aromatic heterocycles. The third-order valence-electron chi connectivity index (χ3n) is 3.49. The van der Waals surface area contributed by atoms with Gasteiger partial charge < -0.3 is 24.8 Å². The number of phenolic OH excluding ortho intramolecular Hbond substituents is 1. The highest BCUT2D eigenvalue weighted by Gasteiger charge is 2.13. The molecule has 0 amide bonds. The molecule has 1 aromatic rings. The van der Waals surface area contributed by atoms with E-state index in [4.69, 9.17) is 9.47 Å². The lowest BCUT2D eigenvalue weighted by Crippen LogP contribution is -2.44. The molecule has 2 N–H and O–H groups in total. The molecule has 0 aliphatic carbocycles. The summed E-state index contributed by atoms with van der Waals surface area (Å²) in [5.41, 5.74) is 1.07. The van der Waals surface area contributed by atoms with Gasteiger partial charge in [-0.25, -0.2) is 0 Å². The van der Waals surface area contributed by atoms with Crippen LogP contribution >= 0.6 is 0 Å². The summed E-state index contributed by atoms with van der Waals surface area (Å²) in [4.78, 5) is 2.43. The molecule has 0 spiro atoms. The first kappa shape index (κ1) is 14.0. The van der Waals surface area contributed by atoms with Crippen molar-refractivity contribution in [1.82, 2.24) is 10.2 Å². The molecule has 0 saturated carbocycles. The van der Waals surface area contributed by atoms with Crippen LogP contribution in [0.25, 0.3) is 0 Å². The smallest absolute Gasteiger partial charge is 0.161 e. The number of phenols is 1. The zero-order valence-electron chi connectivity index (χ0n) is 11.6. The average Bonchev–Trinajstić information content (AvgIpc) is 2.46. The van der Waals surface area contributed by atoms with E-state index in [0.29, 0.717) is 11.5 Å². The van der Waals surface area contributed by atoms with Crippen molar-refractivity contribution < 1.29 is 14.6 Å². The first-order valence-corrected chi connectivity index (χ1v) is 6.61. The van der Waals surface area contributed by atoms with Crippen LogP contribution < -0.4 is 14.8 Å². The Hall–Kier alpha value is -1.46. The van der Waals surface area contributed by atoms with E-state index in [9.17, 15) is 5.11 Å². The molecule has 1 heterocycles. The molecule has 1 aliphatic heterocycles. The van der Waals surface area contributed by atoms with Gasteiger partial charge in [0.1, 0.15) is 5.75 Å². The summed E-state index contributed by atoms with van der Waals surface area (Å²) in [6, 6.07) is 3.47. The van der Waals surface area contributed by atoms with Crippen LogP contribution in [0.1, 0.15) is 5.56 Å². The Morgan fingerprint density at radius 3 is 2.47 bits per heavy atom. The lowest BCUT2D eigenvalue weighted by Gasteiger charge is -2.27. The predicted molar refractivity (Wildman–Crippen MR) is 74.2 cm³/mol. The Morgan fingerprint density at radius 1 is 1.16 bits per heavy atom. The SMILES string of the molecule is COc1cc(CCN2CCNCC2)c(OC)cc1O. The number of aromatic hydroxyl groups is 1. The quantitative estimate of drug-likeness (QED) is 0.828. The van der Waals surface area contributed by atoms with E-state index >= 15 is 0 Å². The number of ether oxygens (including phenoxy) is 2. The van der Waals surface area contributed by atoms with Crippen molar-refractivity contribution in [3.8, 4) is 17.2 Å². The van der Waals surface area contributed by atoms with Crippen LogP contribution in [0.3, 0.4) is 0 Å². The van der Waals surface area contributed by atoms with E-state index in [0.717, 1.165) is 44.7 Å². The summed E-state index contributed by atoms with van der Waals surface area (Å²) in [6.07, 6.45) is 0.889. The highest BCUT2D eigenvalue weighted by Crippen LogP contribution is 2.33. The van der Waals surface area contributed by atoms with Crippen molar-refractivity contribution in [3.05, 3.63) is 17.7 Å². The molecule has 5 nitrogen and oxygen atoms in total. The number of hydrogen-bond acceptors (Lipinski definition) is 5. The Kier molecular flexibility index (Phi) is 4.87. The summed E-state index contributed by atoms with van der Waals surface area (Å²) in [5, 5.41) is 13.1. The van der Waals surface area contributed by atoms with E-state index in [2.05, 4.69) is 10.2 Å². The van der Waals surface area contributed by atoms with Crippen LogP contribution in [-0.4, -0.2) is 56.9 Å². The molecule has 5 heteroatoms. The summed E-state index contributed by atoms with van der Waals surface area (Å²) < 4.78 is 10.5. The maximum atomic E-state index is 9.74. The number of piperazine rings is 1. The van der Waals surface area contributed by atoms with E-state index in [-0.39, 0.29) is 5.75 Å². The van der Waals surface area contributed by atoms with E-state index < -0.39 is 0 Å². The fourth-order valence-corrected chi connectivity index (χ4v) is 2.35. The van der Waals surface area contributed by atoms with Gasteiger partial charge in [-0.15, -0.1) is 0 Å². The normalized spacial score (nSPS) is 16.3. The van der Waals surface area contributed by atoms with Crippen LogP contribution in [0.2, 0.25) is 0 Å². The van der Waals surface area contributed by atoms with Gasteiger partial charge in [-0.2, -0.15) is 0 Å². The molecule has 1 saturated heterocycles. The van der Waals surface area contributed by atoms with Crippen molar-refractivity contribution in [2.75, 3.05) is 46.9 Å². The van der Waals surface area contributed by atoms with E-state index in [1.807, 2.05) is 6.07 Å². The van der Waals surface area contributed by atoms with Gasteiger partial charge in [0.25, 0.3) is 0 Å². The number of methoxy groups -OCH3 is 2. The predicted octanol–water partition coefficient (Wildman–Crippen LogP) is 0.857. The summed E-state index contributed by atoms with van der Waals surface area (Å²) in [7, 11) is 3.18. The fourth-order valence-electron chi connectivity index (χ4n) is 2.35. The lowest BCUT2D eigenvalue weighted by atomic mass is 10.1. The number of benzene rings is 1. The van der Waals surface area contributed by atoms with Gasteiger partial charge in [0.15, 0.2) is 11.5 Å². The van der Waals surface area contributed by atoms with Crippen LogP contribution in [-0.2, 0) is 6.42 Å². The lowest BCUT2D eigenvalue weighted by molar-refractivity contribution is 0.243. The molecule has 1 aromatic carbocycles.